The summed E-state index contributed by atoms with van der Waals surface area (Å²) in [5.74, 6) is -1.04. The van der Waals surface area contributed by atoms with E-state index < -0.39 is 0 Å². The fourth-order valence-corrected chi connectivity index (χ4v) is 2.51. The number of ether oxygens (including phenoxy) is 1. The summed E-state index contributed by atoms with van der Waals surface area (Å²) in [7, 11) is 0. The van der Waals surface area contributed by atoms with Gasteiger partial charge in [0, 0.05) is 0 Å². The molecule has 1 aliphatic rings. The number of carbonyl (C=O) groups excluding carboxylic acids is 2. The van der Waals surface area contributed by atoms with E-state index in [1.807, 2.05) is 18.2 Å². The third-order valence-corrected chi connectivity index (χ3v) is 3.78. The van der Waals surface area contributed by atoms with Gasteiger partial charge in [0.2, 0.25) is 0 Å². The molecule has 3 unspecified atom stereocenters. The van der Waals surface area contributed by atoms with Crippen molar-refractivity contribution >= 4 is 11.9 Å². The zero-order valence-electron chi connectivity index (χ0n) is 10.8. The highest BCUT2D eigenvalue weighted by atomic mass is 16.6. The number of hydrogen-bond donors (Lipinski definition) is 0. The normalized spacial score (nSPS) is 25.0. The molecule has 0 radical (unpaired) electrons. The predicted octanol–water partition coefficient (Wildman–Crippen LogP) is 2.91. The van der Waals surface area contributed by atoms with Gasteiger partial charge in [0.05, 0.1) is 11.8 Å². The van der Waals surface area contributed by atoms with E-state index >= 15 is 0 Å². The smallest absolute Gasteiger partial charge is 0.317 e. The van der Waals surface area contributed by atoms with Gasteiger partial charge in [-0.2, -0.15) is 0 Å². The lowest BCUT2D eigenvalue weighted by molar-refractivity contribution is -0.153. The SMILES string of the molecule is CCC(CC1C(=O)OC(=O)C1C)c1ccccc1. The second-order valence-electron chi connectivity index (χ2n) is 4.89. The first-order valence-electron chi connectivity index (χ1n) is 6.44. The van der Waals surface area contributed by atoms with Crippen LogP contribution in [-0.2, 0) is 14.3 Å². The van der Waals surface area contributed by atoms with Crippen molar-refractivity contribution in [3.63, 3.8) is 0 Å². The van der Waals surface area contributed by atoms with Crippen LogP contribution in [0, 0.1) is 11.8 Å². The van der Waals surface area contributed by atoms with Gasteiger partial charge in [-0.05, 0) is 24.3 Å². The Balaban J connectivity index is 2.12. The van der Waals surface area contributed by atoms with Crippen molar-refractivity contribution in [3.05, 3.63) is 35.9 Å². The van der Waals surface area contributed by atoms with Crippen LogP contribution in [0.3, 0.4) is 0 Å². The molecule has 1 aliphatic heterocycles. The Kier molecular flexibility index (Phi) is 3.80. The molecule has 0 saturated carbocycles. The van der Waals surface area contributed by atoms with Crippen molar-refractivity contribution in [3.8, 4) is 0 Å². The summed E-state index contributed by atoms with van der Waals surface area (Å²) in [6, 6.07) is 10.1. The molecule has 1 fully saturated rings. The summed E-state index contributed by atoms with van der Waals surface area (Å²) in [5.41, 5.74) is 1.22. The third kappa shape index (κ3) is 2.45. The molecule has 2 rings (SSSR count). The Morgan fingerprint density at radius 3 is 2.33 bits per heavy atom. The van der Waals surface area contributed by atoms with Crippen molar-refractivity contribution in [2.75, 3.05) is 0 Å². The Bertz CT molecular complexity index is 438. The van der Waals surface area contributed by atoms with Gasteiger partial charge >= 0.3 is 11.9 Å². The van der Waals surface area contributed by atoms with Gasteiger partial charge in [-0.3, -0.25) is 9.59 Å². The summed E-state index contributed by atoms with van der Waals surface area (Å²) >= 11 is 0. The maximum absolute atomic E-state index is 11.6. The standard InChI is InChI=1S/C15H18O3/c1-3-11(12-7-5-4-6-8-12)9-13-10(2)14(16)18-15(13)17/h4-8,10-11,13H,3,9H2,1-2H3. The van der Waals surface area contributed by atoms with Crippen LogP contribution in [0.15, 0.2) is 30.3 Å². The lowest BCUT2D eigenvalue weighted by Gasteiger charge is -2.19. The van der Waals surface area contributed by atoms with Gasteiger partial charge in [-0.1, -0.05) is 44.2 Å². The molecule has 18 heavy (non-hydrogen) atoms. The van der Waals surface area contributed by atoms with Gasteiger partial charge in [0.15, 0.2) is 0 Å². The van der Waals surface area contributed by atoms with E-state index in [0.29, 0.717) is 12.3 Å². The Labute approximate surface area is 107 Å². The van der Waals surface area contributed by atoms with Crippen LogP contribution >= 0.6 is 0 Å². The van der Waals surface area contributed by atoms with Crippen molar-refractivity contribution in [1.29, 1.82) is 0 Å². The zero-order valence-corrected chi connectivity index (χ0v) is 10.8. The minimum absolute atomic E-state index is 0.289. The highest BCUT2D eigenvalue weighted by Gasteiger charge is 2.42. The third-order valence-electron chi connectivity index (χ3n) is 3.78. The number of benzene rings is 1. The molecule has 1 aromatic carbocycles. The Hall–Kier alpha value is -1.64. The van der Waals surface area contributed by atoms with Gasteiger partial charge in [-0.25, -0.2) is 0 Å². The number of carbonyl (C=O) groups is 2. The summed E-state index contributed by atoms with van der Waals surface area (Å²) < 4.78 is 4.69. The highest BCUT2D eigenvalue weighted by Crippen LogP contribution is 2.34. The largest absolute Gasteiger partial charge is 0.393 e. The van der Waals surface area contributed by atoms with Crippen LogP contribution < -0.4 is 0 Å². The maximum atomic E-state index is 11.6. The molecule has 96 valence electrons. The second kappa shape index (κ2) is 5.34. The van der Waals surface area contributed by atoms with Crippen LogP contribution in [0.4, 0.5) is 0 Å². The zero-order chi connectivity index (χ0) is 13.1. The number of rotatable bonds is 4. The summed E-state index contributed by atoms with van der Waals surface area (Å²) in [6.45, 7) is 3.88. The van der Waals surface area contributed by atoms with Crippen molar-refractivity contribution in [2.24, 2.45) is 11.8 Å². The Morgan fingerprint density at radius 1 is 1.17 bits per heavy atom. The van der Waals surface area contributed by atoms with Crippen molar-refractivity contribution in [2.45, 2.75) is 32.6 Å². The predicted molar refractivity (Wildman–Crippen MR) is 67.8 cm³/mol. The first-order valence-corrected chi connectivity index (χ1v) is 6.44. The van der Waals surface area contributed by atoms with Gasteiger partial charge < -0.3 is 4.74 Å². The van der Waals surface area contributed by atoms with E-state index in [2.05, 4.69) is 23.8 Å². The average Bonchev–Trinajstić information content (AvgIpc) is 2.62. The van der Waals surface area contributed by atoms with Crippen molar-refractivity contribution < 1.29 is 14.3 Å². The van der Waals surface area contributed by atoms with E-state index in [0.717, 1.165) is 6.42 Å². The minimum atomic E-state index is -0.382. The van der Waals surface area contributed by atoms with Gasteiger partial charge in [0.25, 0.3) is 0 Å². The van der Waals surface area contributed by atoms with Crippen LogP contribution in [0.5, 0.6) is 0 Å². The van der Waals surface area contributed by atoms with E-state index in [4.69, 9.17) is 0 Å². The molecule has 0 bridgehead atoms. The van der Waals surface area contributed by atoms with Crippen molar-refractivity contribution in [1.82, 2.24) is 0 Å². The maximum Gasteiger partial charge on any atom is 0.317 e. The molecule has 0 amide bonds. The van der Waals surface area contributed by atoms with E-state index in [9.17, 15) is 9.59 Å². The molecule has 1 heterocycles. The number of hydrogen-bond acceptors (Lipinski definition) is 3. The summed E-state index contributed by atoms with van der Waals surface area (Å²) in [5, 5.41) is 0. The van der Waals surface area contributed by atoms with E-state index in [-0.39, 0.29) is 23.8 Å². The average molecular weight is 246 g/mol. The van der Waals surface area contributed by atoms with Crippen LogP contribution in [0.2, 0.25) is 0 Å². The van der Waals surface area contributed by atoms with Gasteiger partial charge in [0.1, 0.15) is 0 Å². The Morgan fingerprint density at radius 2 is 1.83 bits per heavy atom. The minimum Gasteiger partial charge on any atom is -0.393 e. The molecule has 0 aliphatic carbocycles. The monoisotopic (exact) mass is 246 g/mol. The first-order chi connectivity index (χ1) is 8.63. The fraction of sp³-hybridized carbons (Fsp3) is 0.467. The number of cyclic esters (lactones) is 2. The fourth-order valence-electron chi connectivity index (χ4n) is 2.51. The van der Waals surface area contributed by atoms with E-state index in [1.54, 1.807) is 6.92 Å². The molecule has 1 saturated heterocycles. The lowest BCUT2D eigenvalue weighted by Crippen LogP contribution is -2.18. The second-order valence-corrected chi connectivity index (χ2v) is 4.89. The number of esters is 2. The quantitative estimate of drug-likeness (QED) is 0.606. The molecule has 0 aromatic heterocycles. The van der Waals surface area contributed by atoms with E-state index in [1.165, 1.54) is 5.56 Å². The lowest BCUT2D eigenvalue weighted by atomic mass is 9.82. The molecule has 1 aromatic rings. The molecule has 3 nitrogen and oxygen atoms in total. The summed E-state index contributed by atoms with van der Waals surface area (Å²) in [4.78, 5) is 23.0. The van der Waals surface area contributed by atoms with Gasteiger partial charge in [-0.15, -0.1) is 0 Å². The topological polar surface area (TPSA) is 43.4 Å². The molecule has 3 heteroatoms. The molecule has 0 N–H and O–H groups in total. The van der Waals surface area contributed by atoms with Crippen LogP contribution in [0.1, 0.15) is 38.2 Å². The first kappa shape index (κ1) is 12.8. The van der Waals surface area contributed by atoms with Crippen LogP contribution in [-0.4, -0.2) is 11.9 Å². The van der Waals surface area contributed by atoms with Crippen LogP contribution in [0.25, 0.3) is 0 Å². The summed E-state index contributed by atoms with van der Waals surface area (Å²) in [6.07, 6.45) is 1.64. The highest BCUT2D eigenvalue weighted by molar-refractivity contribution is 5.96. The molecular formula is C15H18O3. The molecular weight excluding hydrogens is 228 g/mol. The molecule has 3 atom stereocenters. The molecule has 0 spiro atoms.